The highest BCUT2D eigenvalue weighted by atomic mass is 15.3. The number of aromatic nitrogens is 4. The Kier molecular flexibility index (Phi) is 4.79. The van der Waals surface area contributed by atoms with E-state index in [2.05, 4.69) is 54.5 Å². The van der Waals surface area contributed by atoms with Crippen LogP contribution in [0.5, 0.6) is 0 Å². The first kappa shape index (κ1) is 16.5. The van der Waals surface area contributed by atoms with E-state index in [1.807, 2.05) is 36.8 Å². The molecule has 0 spiro atoms. The van der Waals surface area contributed by atoms with Crippen molar-refractivity contribution < 1.29 is 0 Å². The van der Waals surface area contributed by atoms with E-state index in [0.717, 1.165) is 54.6 Å². The summed E-state index contributed by atoms with van der Waals surface area (Å²) in [4.78, 5) is 13.6. The lowest BCUT2D eigenvalue weighted by atomic mass is 10.1. The maximum atomic E-state index is 4.54. The molecule has 0 radical (unpaired) electrons. The molecule has 0 unspecified atom stereocenters. The number of nitrogens with zero attached hydrogens (tertiary/aromatic N) is 5. The summed E-state index contributed by atoms with van der Waals surface area (Å²) in [6.45, 7) is 4.71. The van der Waals surface area contributed by atoms with Crippen LogP contribution < -0.4 is 10.2 Å². The topological polar surface area (TPSA) is 73.0 Å². The molecule has 134 valence electrons. The van der Waals surface area contributed by atoms with Gasteiger partial charge < -0.3 is 15.1 Å². The second kappa shape index (κ2) is 7.53. The minimum Gasteiger partial charge on any atom is -0.378 e. The number of anilines is 2. The van der Waals surface area contributed by atoms with Crippen LogP contribution in [0.2, 0.25) is 0 Å². The lowest BCUT2D eigenvalue weighted by Gasteiger charge is -2.32. The molecule has 2 aromatic heterocycles. The second-order valence-corrected chi connectivity index (χ2v) is 6.56. The fourth-order valence-electron chi connectivity index (χ4n) is 3.05. The quantitative estimate of drug-likeness (QED) is 0.736. The van der Waals surface area contributed by atoms with Gasteiger partial charge in [0.2, 0.25) is 5.95 Å². The van der Waals surface area contributed by atoms with Gasteiger partial charge in [-0.3, -0.25) is 5.10 Å². The average molecular weight is 349 g/mol. The summed E-state index contributed by atoms with van der Waals surface area (Å²) in [5.41, 5.74) is 4.11. The van der Waals surface area contributed by atoms with Crippen LogP contribution in [-0.4, -0.2) is 58.3 Å². The lowest BCUT2D eigenvalue weighted by Crippen LogP contribution is -2.45. The number of piperazine rings is 1. The molecule has 4 rings (SSSR count). The van der Waals surface area contributed by atoms with E-state index in [1.54, 1.807) is 0 Å². The van der Waals surface area contributed by atoms with Gasteiger partial charge in [-0.1, -0.05) is 30.3 Å². The predicted molar refractivity (Wildman–Crippen MR) is 103 cm³/mol. The van der Waals surface area contributed by atoms with E-state index in [4.69, 9.17) is 0 Å². The zero-order valence-electron chi connectivity index (χ0n) is 14.9. The second-order valence-electron chi connectivity index (χ2n) is 6.56. The van der Waals surface area contributed by atoms with Crippen molar-refractivity contribution in [3.05, 3.63) is 54.5 Å². The summed E-state index contributed by atoms with van der Waals surface area (Å²) in [5, 5.41) is 10.6. The Hall–Kier alpha value is -2.93. The van der Waals surface area contributed by atoms with E-state index < -0.39 is 0 Å². The maximum absolute atomic E-state index is 4.54. The zero-order valence-corrected chi connectivity index (χ0v) is 14.9. The normalized spacial score (nSPS) is 15.2. The summed E-state index contributed by atoms with van der Waals surface area (Å²) in [5.74, 6) is 0.815. The Labute approximate surface area is 153 Å². The van der Waals surface area contributed by atoms with Crippen molar-refractivity contribution in [2.45, 2.75) is 6.54 Å². The van der Waals surface area contributed by atoms with Gasteiger partial charge in [-0.2, -0.15) is 5.10 Å². The van der Waals surface area contributed by atoms with Crippen LogP contribution in [0, 0.1) is 0 Å². The Morgan fingerprint density at radius 1 is 1.00 bits per heavy atom. The van der Waals surface area contributed by atoms with Crippen molar-refractivity contribution in [1.29, 1.82) is 0 Å². The molecule has 3 heterocycles. The van der Waals surface area contributed by atoms with Crippen molar-refractivity contribution in [3.63, 3.8) is 0 Å². The molecule has 0 aliphatic carbocycles. The first-order chi connectivity index (χ1) is 12.8. The first-order valence-corrected chi connectivity index (χ1v) is 8.86. The Bertz CT molecular complexity index is 821. The molecule has 0 bridgehead atoms. The highest BCUT2D eigenvalue weighted by Gasteiger charge is 2.16. The smallest absolute Gasteiger partial charge is 0.225 e. The summed E-state index contributed by atoms with van der Waals surface area (Å²) >= 11 is 0. The van der Waals surface area contributed by atoms with Crippen LogP contribution in [-0.2, 0) is 6.54 Å². The number of H-pyrrole nitrogens is 1. The molecule has 26 heavy (non-hydrogen) atoms. The van der Waals surface area contributed by atoms with Crippen molar-refractivity contribution in [3.8, 4) is 11.3 Å². The lowest BCUT2D eigenvalue weighted by molar-refractivity contribution is 0.311. The van der Waals surface area contributed by atoms with Gasteiger partial charge in [-0.15, -0.1) is 0 Å². The largest absolute Gasteiger partial charge is 0.378 e. The zero-order chi connectivity index (χ0) is 17.8. The summed E-state index contributed by atoms with van der Waals surface area (Å²) in [7, 11) is 2.15. The van der Waals surface area contributed by atoms with E-state index in [0.29, 0.717) is 6.54 Å². The minimum atomic E-state index is 0.655. The standard InChI is InChI=1S/C19H23N7/c1-25-7-9-26(10-8-25)19-21-12-15(13-22-19)11-20-17-14-23-24-18(17)16-5-3-2-4-6-16/h2-6,12-14,20H,7-11H2,1H3,(H,23,24). The third kappa shape index (κ3) is 3.67. The molecule has 0 atom stereocenters. The fourth-order valence-corrected chi connectivity index (χ4v) is 3.05. The van der Waals surface area contributed by atoms with Crippen molar-refractivity contribution in [2.75, 3.05) is 43.4 Å². The number of nitrogens with one attached hydrogen (secondary N) is 2. The van der Waals surface area contributed by atoms with Gasteiger partial charge in [-0.05, 0) is 7.05 Å². The van der Waals surface area contributed by atoms with Gasteiger partial charge in [0.15, 0.2) is 0 Å². The van der Waals surface area contributed by atoms with Crippen LogP contribution in [0.1, 0.15) is 5.56 Å². The van der Waals surface area contributed by atoms with Crippen molar-refractivity contribution >= 4 is 11.6 Å². The predicted octanol–water partition coefficient (Wildman–Crippen LogP) is 2.23. The summed E-state index contributed by atoms with van der Waals surface area (Å²) in [6, 6.07) is 10.2. The molecule has 1 aliphatic heterocycles. The van der Waals surface area contributed by atoms with Crippen LogP contribution in [0.4, 0.5) is 11.6 Å². The van der Waals surface area contributed by atoms with Gasteiger partial charge >= 0.3 is 0 Å². The molecule has 0 amide bonds. The van der Waals surface area contributed by atoms with Crippen LogP contribution >= 0.6 is 0 Å². The van der Waals surface area contributed by atoms with Crippen LogP contribution in [0.25, 0.3) is 11.3 Å². The molecule has 1 aromatic carbocycles. The number of hydrogen-bond acceptors (Lipinski definition) is 6. The molecule has 1 fully saturated rings. The Morgan fingerprint density at radius 2 is 1.73 bits per heavy atom. The number of hydrogen-bond donors (Lipinski definition) is 2. The van der Waals surface area contributed by atoms with E-state index in [9.17, 15) is 0 Å². The highest BCUT2D eigenvalue weighted by molar-refractivity contribution is 5.73. The summed E-state index contributed by atoms with van der Waals surface area (Å²) in [6.07, 6.45) is 5.60. The molecular formula is C19H23N7. The minimum absolute atomic E-state index is 0.655. The molecular weight excluding hydrogens is 326 g/mol. The van der Waals surface area contributed by atoms with Crippen molar-refractivity contribution in [1.82, 2.24) is 25.1 Å². The first-order valence-electron chi connectivity index (χ1n) is 8.86. The average Bonchev–Trinajstić information content (AvgIpc) is 3.17. The molecule has 1 saturated heterocycles. The van der Waals surface area contributed by atoms with Crippen LogP contribution in [0.15, 0.2) is 48.9 Å². The SMILES string of the molecule is CN1CCN(c2ncc(CNc3cn[nH]c3-c3ccccc3)cn2)CC1. The van der Waals surface area contributed by atoms with E-state index in [1.165, 1.54) is 0 Å². The molecule has 0 saturated carbocycles. The van der Waals surface area contributed by atoms with Crippen LogP contribution in [0.3, 0.4) is 0 Å². The van der Waals surface area contributed by atoms with Gasteiger partial charge in [0.05, 0.1) is 17.6 Å². The van der Waals surface area contributed by atoms with Crippen molar-refractivity contribution in [2.24, 2.45) is 0 Å². The highest BCUT2D eigenvalue weighted by Crippen LogP contribution is 2.25. The molecule has 7 nitrogen and oxygen atoms in total. The number of aromatic amines is 1. The van der Waals surface area contributed by atoms with Gasteiger partial charge in [0, 0.05) is 56.2 Å². The number of rotatable bonds is 5. The maximum Gasteiger partial charge on any atom is 0.225 e. The van der Waals surface area contributed by atoms with Gasteiger partial charge in [0.25, 0.3) is 0 Å². The number of benzene rings is 1. The van der Waals surface area contributed by atoms with E-state index >= 15 is 0 Å². The third-order valence-electron chi connectivity index (χ3n) is 4.66. The van der Waals surface area contributed by atoms with Gasteiger partial charge in [0.1, 0.15) is 0 Å². The molecule has 7 heteroatoms. The Morgan fingerprint density at radius 3 is 2.46 bits per heavy atom. The van der Waals surface area contributed by atoms with E-state index in [-0.39, 0.29) is 0 Å². The molecule has 3 aromatic rings. The molecule has 2 N–H and O–H groups in total. The third-order valence-corrected chi connectivity index (χ3v) is 4.66. The number of likely N-dealkylation sites (N-methyl/N-ethyl adjacent to an activating group) is 1. The monoisotopic (exact) mass is 349 g/mol. The summed E-state index contributed by atoms with van der Waals surface area (Å²) < 4.78 is 0. The molecule has 1 aliphatic rings. The Balaban J connectivity index is 1.39. The fraction of sp³-hybridized carbons (Fsp3) is 0.316. The van der Waals surface area contributed by atoms with Gasteiger partial charge in [-0.25, -0.2) is 9.97 Å².